The van der Waals surface area contributed by atoms with Gasteiger partial charge in [-0.3, -0.25) is 9.89 Å². The zero-order valence-corrected chi connectivity index (χ0v) is 18.4. The van der Waals surface area contributed by atoms with E-state index < -0.39 is 0 Å². The van der Waals surface area contributed by atoms with Gasteiger partial charge in [0.05, 0.1) is 0 Å². The zero-order valence-electron chi connectivity index (χ0n) is 15.2. The molecule has 2 fully saturated rings. The van der Waals surface area contributed by atoms with Crippen LogP contribution in [0.2, 0.25) is 0 Å². The summed E-state index contributed by atoms with van der Waals surface area (Å²) in [5, 5.41) is 9.32. The molecule has 1 aromatic rings. The molecule has 2 unspecified atom stereocenters. The number of piperidine rings is 1. The van der Waals surface area contributed by atoms with Crippen LogP contribution in [0.15, 0.2) is 22.5 Å². The van der Waals surface area contributed by atoms with Crippen LogP contribution >= 0.6 is 35.3 Å². The largest absolute Gasteiger partial charge is 0.381 e. The Balaban J connectivity index is 0.00000225. The second kappa shape index (κ2) is 10.7. The van der Waals surface area contributed by atoms with Crippen molar-refractivity contribution in [2.24, 2.45) is 10.9 Å². The van der Waals surface area contributed by atoms with E-state index in [1.165, 1.54) is 24.3 Å². The molecule has 0 amide bonds. The van der Waals surface area contributed by atoms with Crippen molar-refractivity contribution >= 4 is 41.3 Å². The second-order valence-electron chi connectivity index (χ2n) is 6.83. The first-order valence-electron chi connectivity index (χ1n) is 9.06. The van der Waals surface area contributed by atoms with Gasteiger partial charge >= 0.3 is 0 Å². The molecule has 7 heteroatoms. The van der Waals surface area contributed by atoms with Crippen LogP contribution in [0.1, 0.15) is 36.6 Å². The summed E-state index contributed by atoms with van der Waals surface area (Å²) in [4.78, 5) is 8.41. The molecule has 2 N–H and O–H groups in total. The van der Waals surface area contributed by atoms with E-state index in [1.54, 1.807) is 0 Å². The van der Waals surface area contributed by atoms with E-state index in [2.05, 4.69) is 45.1 Å². The number of thiophene rings is 1. The molecular formula is C18H31IN4OS. The highest BCUT2D eigenvalue weighted by atomic mass is 127. The van der Waals surface area contributed by atoms with E-state index in [0.717, 1.165) is 38.6 Å². The topological polar surface area (TPSA) is 48.9 Å². The lowest BCUT2D eigenvalue weighted by Gasteiger charge is -2.39. The third kappa shape index (κ3) is 5.80. The summed E-state index contributed by atoms with van der Waals surface area (Å²) in [5.41, 5.74) is 0. The molecule has 1 aromatic heterocycles. The first-order chi connectivity index (χ1) is 11.8. The number of halogens is 1. The third-order valence-electron chi connectivity index (χ3n) is 5.16. The molecule has 0 bridgehead atoms. The lowest BCUT2D eigenvalue weighted by Crippen LogP contribution is -2.48. The predicted octanol–water partition coefficient (Wildman–Crippen LogP) is 3.09. The first-order valence-corrected chi connectivity index (χ1v) is 9.94. The van der Waals surface area contributed by atoms with Gasteiger partial charge in [0.1, 0.15) is 0 Å². The Labute approximate surface area is 172 Å². The fraction of sp³-hybridized carbons (Fsp3) is 0.722. The number of aliphatic imine (C=N–C) groups is 1. The molecule has 2 saturated heterocycles. The fourth-order valence-corrected chi connectivity index (χ4v) is 4.82. The molecule has 25 heavy (non-hydrogen) atoms. The maximum absolute atomic E-state index is 5.43. The van der Waals surface area contributed by atoms with Crippen LogP contribution in [0, 0.1) is 5.92 Å². The highest BCUT2D eigenvalue weighted by Gasteiger charge is 2.31. The summed E-state index contributed by atoms with van der Waals surface area (Å²) in [6.45, 7) is 3.86. The van der Waals surface area contributed by atoms with Crippen LogP contribution < -0.4 is 10.6 Å². The van der Waals surface area contributed by atoms with E-state index in [0.29, 0.717) is 18.0 Å². The van der Waals surface area contributed by atoms with Crippen molar-refractivity contribution in [1.29, 1.82) is 0 Å². The zero-order chi connectivity index (χ0) is 16.8. The van der Waals surface area contributed by atoms with Crippen LogP contribution in [-0.4, -0.2) is 57.3 Å². The number of nitrogens with zero attached hydrogens (tertiary/aromatic N) is 2. The minimum atomic E-state index is 0. The monoisotopic (exact) mass is 478 g/mol. The fourth-order valence-electron chi connectivity index (χ4n) is 3.84. The van der Waals surface area contributed by atoms with Crippen molar-refractivity contribution in [3.63, 3.8) is 0 Å². The van der Waals surface area contributed by atoms with Crippen molar-refractivity contribution in [1.82, 2.24) is 15.5 Å². The SMILES string of the molecule is CN=C(NCC1CCCN(C)C1c1cccs1)NC1CCOCC1.I. The minimum Gasteiger partial charge on any atom is -0.381 e. The molecule has 5 nitrogen and oxygen atoms in total. The smallest absolute Gasteiger partial charge is 0.191 e. The van der Waals surface area contributed by atoms with E-state index >= 15 is 0 Å². The van der Waals surface area contributed by atoms with Crippen molar-refractivity contribution in [3.05, 3.63) is 22.4 Å². The summed E-state index contributed by atoms with van der Waals surface area (Å²) in [5.74, 6) is 1.55. The van der Waals surface area contributed by atoms with E-state index in [-0.39, 0.29) is 24.0 Å². The summed E-state index contributed by atoms with van der Waals surface area (Å²) in [6, 6.07) is 5.44. The molecule has 3 rings (SSSR count). The molecule has 2 atom stereocenters. The Kier molecular flexibility index (Phi) is 8.95. The first kappa shape index (κ1) is 20.9. The standard InChI is InChI=1S/C18H30N4OS.HI/c1-19-18(21-15-7-10-23-11-8-15)20-13-14-5-3-9-22(2)17(14)16-6-4-12-24-16;/h4,6,12,14-15,17H,3,5,7-11,13H2,1-2H3,(H2,19,20,21);1H. The van der Waals surface area contributed by atoms with Gasteiger partial charge in [-0.2, -0.15) is 0 Å². The molecular weight excluding hydrogens is 447 g/mol. The van der Waals surface area contributed by atoms with Crippen LogP contribution in [0.25, 0.3) is 0 Å². The molecule has 0 radical (unpaired) electrons. The Morgan fingerprint density at radius 2 is 2.16 bits per heavy atom. The van der Waals surface area contributed by atoms with Crippen molar-refractivity contribution in [2.75, 3.05) is 40.4 Å². The number of likely N-dealkylation sites (tertiary alicyclic amines) is 1. The highest BCUT2D eigenvalue weighted by molar-refractivity contribution is 14.0. The normalized spacial score (nSPS) is 26.1. The van der Waals surface area contributed by atoms with Crippen LogP contribution in [0.4, 0.5) is 0 Å². The number of nitrogens with one attached hydrogen (secondary N) is 2. The summed E-state index contributed by atoms with van der Waals surface area (Å²) in [7, 11) is 4.12. The molecule has 2 aliphatic rings. The molecule has 0 aromatic carbocycles. The van der Waals surface area contributed by atoms with E-state index in [1.807, 2.05) is 18.4 Å². The summed E-state index contributed by atoms with van der Waals surface area (Å²) < 4.78 is 5.43. The van der Waals surface area contributed by atoms with Gasteiger partial charge in [0, 0.05) is 43.8 Å². The lowest BCUT2D eigenvalue weighted by atomic mass is 9.88. The Morgan fingerprint density at radius 1 is 1.36 bits per heavy atom. The van der Waals surface area contributed by atoms with Crippen LogP contribution in [0.5, 0.6) is 0 Å². The van der Waals surface area contributed by atoms with Crippen molar-refractivity contribution in [2.45, 2.75) is 37.8 Å². The van der Waals surface area contributed by atoms with E-state index in [9.17, 15) is 0 Å². The van der Waals surface area contributed by atoms with Crippen molar-refractivity contribution in [3.8, 4) is 0 Å². The second-order valence-corrected chi connectivity index (χ2v) is 7.81. The van der Waals surface area contributed by atoms with Crippen LogP contribution in [0.3, 0.4) is 0 Å². The third-order valence-corrected chi connectivity index (χ3v) is 6.10. The average Bonchev–Trinajstić information content (AvgIpc) is 3.13. The van der Waals surface area contributed by atoms with Gasteiger partial charge in [-0.1, -0.05) is 6.07 Å². The Morgan fingerprint density at radius 3 is 2.84 bits per heavy atom. The molecule has 0 spiro atoms. The minimum absolute atomic E-state index is 0. The molecule has 2 aliphatic heterocycles. The number of guanidine groups is 1. The van der Waals surface area contributed by atoms with Crippen LogP contribution in [-0.2, 0) is 4.74 Å². The number of rotatable bonds is 4. The summed E-state index contributed by atoms with van der Waals surface area (Å²) in [6.07, 6.45) is 4.67. The molecule has 0 aliphatic carbocycles. The van der Waals surface area contributed by atoms with Gasteiger partial charge < -0.3 is 15.4 Å². The number of hydrogen-bond acceptors (Lipinski definition) is 4. The lowest BCUT2D eigenvalue weighted by molar-refractivity contribution is 0.0821. The maximum Gasteiger partial charge on any atom is 0.191 e. The van der Waals surface area contributed by atoms with Gasteiger partial charge in [0.2, 0.25) is 0 Å². The van der Waals surface area contributed by atoms with Gasteiger partial charge in [-0.15, -0.1) is 35.3 Å². The predicted molar refractivity (Wildman–Crippen MR) is 116 cm³/mol. The molecule has 142 valence electrons. The average molecular weight is 478 g/mol. The van der Waals surface area contributed by atoms with Crippen molar-refractivity contribution < 1.29 is 4.74 Å². The number of hydrogen-bond donors (Lipinski definition) is 2. The number of ether oxygens (including phenoxy) is 1. The Hall–Kier alpha value is -0.380. The van der Waals surface area contributed by atoms with Gasteiger partial charge in [0.15, 0.2) is 5.96 Å². The van der Waals surface area contributed by atoms with Gasteiger partial charge in [-0.25, -0.2) is 0 Å². The molecule has 0 saturated carbocycles. The highest BCUT2D eigenvalue weighted by Crippen LogP contribution is 2.36. The van der Waals surface area contributed by atoms with Gasteiger partial charge in [-0.05, 0) is 56.6 Å². The Bertz CT molecular complexity index is 519. The van der Waals surface area contributed by atoms with Gasteiger partial charge in [0.25, 0.3) is 0 Å². The quantitative estimate of drug-likeness (QED) is 0.397. The van der Waals surface area contributed by atoms with E-state index in [4.69, 9.17) is 4.74 Å². The maximum atomic E-state index is 5.43. The summed E-state index contributed by atoms with van der Waals surface area (Å²) >= 11 is 1.88. The molecule has 3 heterocycles.